The van der Waals surface area contributed by atoms with E-state index < -0.39 is 0 Å². The second-order valence-electron chi connectivity index (χ2n) is 22.1. The summed E-state index contributed by atoms with van der Waals surface area (Å²) >= 11 is 0. The van der Waals surface area contributed by atoms with Crippen LogP contribution in [0.4, 0.5) is 0 Å². The summed E-state index contributed by atoms with van der Waals surface area (Å²) in [5.74, 6) is 2.47. The molecular weight excluding hydrogens is 857 g/mol. The van der Waals surface area contributed by atoms with Crippen LogP contribution in [0, 0.1) is 22.7 Å². The van der Waals surface area contributed by atoms with Crippen LogP contribution < -0.4 is 9.47 Å². The van der Waals surface area contributed by atoms with Crippen LogP contribution in [0.1, 0.15) is 205 Å². The SMILES string of the molecule is CC/C=C(/C)CC.CC/C=C(/C)CCC1C(C(c2ccc(OCCOCCOCCOc3ccc(C(C4=NOC(C)(CC/C(C)=C\CC)C4CC)C(C)(C)C)cc3)cc2)C(C)(C)C)=NOC1(C)CC. The van der Waals surface area contributed by atoms with Crippen molar-refractivity contribution in [1.82, 2.24) is 0 Å². The van der Waals surface area contributed by atoms with Gasteiger partial charge in [-0.05, 0) is 145 Å². The number of hydrogen-bond donors (Lipinski definition) is 0. The van der Waals surface area contributed by atoms with Crippen molar-refractivity contribution in [2.24, 2.45) is 33.0 Å². The van der Waals surface area contributed by atoms with Crippen LogP contribution in [-0.2, 0) is 19.1 Å². The van der Waals surface area contributed by atoms with Gasteiger partial charge in [0.15, 0.2) is 0 Å². The molecule has 0 amide bonds. The molecule has 0 radical (unpaired) electrons. The molecule has 0 saturated heterocycles. The Morgan fingerprint density at radius 2 is 0.971 bits per heavy atom. The lowest BCUT2D eigenvalue weighted by Gasteiger charge is -2.36. The minimum absolute atomic E-state index is 0.0283. The molecule has 8 heteroatoms. The maximum Gasteiger partial charge on any atom is 0.143 e. The zero-order chi connectivity index (χ0) is 51.3. The molecular formula is C61H98N2O6. The fourth-order valence-electron chi connectivity index (χ4n) is 10.0. The first-order valence-electron chi connectivity index (χ1n) is 26.8. The third-order valence-corrected chi connectivity index (χ3v) is 14.2. The molecule has 6 unspecified atom stereocenters. The van der Waals surface area contributed by atoms with Gasteiger partial charge in [-0.2, -0.15) is 0 Å². The van der Waals surface area contributed by atoms with Crippen molar-refractivity contribution in [2.45, 2.75) is 205 Å². The number of benzene rings is 2. The highest BCUT2D eigenvalue weighted by Crippen LogP contribution is 2.48. The van der Waals surface area contributed by atoms with Gasteiger partial charge in [0.25, 0.3) is 0 Å². The first-order chi connectivity index (χ1) is 32.7. The Kier molecular flexibility index (Phi) is 24.8. The highest BCUT2D eigenvalue weighted by Gasteiger charge is 2.50. The Labute approximate surface area is 422 Å². The monoisotopic (exact) mass is 955 g/mol. The molecule has 388 valence electrons. The van der Waals surface area contributed by atoms with Crippen LogP contribution in [0.15, 0.2) is 93.8 Å². The number of allylic oxidation sites excluding steroid dienone is 6. The standard InChI is InChI=1S/C54H84N2O6.C7H14/c1-15-19-39(5)21-30-46-50(56-61-53(46,13)18-4)48(52(10,11)12)42-24-28-44(29-25-42)60-38-36-58-34-33-57-35-37-59-43-26-22-41(23-27-43)47(51(7,8)9)49-45(17-3)54(14,62-55-49)32-31-40(6)20-16-2;1-4-6-7(3)5-2/h19-20,22-29,45-48H,15-18,21,30-38H2,1-14H3;6H,4-5H2,1-3H3/b39-19-,40-20-;7-6-. The molecule has 2 aliphatic heterocycles. The normalized spacial score (nSPS) is 22.0. The van der Waals surface area contributed by atoms with Crippen LogP contribution >= 0.6 is 0 Å². The van der Waals surface area contributed by atoms with Gasteiger partial charge in [-0.25, -0.2) is 0 Å². The van der Waals surface area contributed by atoms with E-state index in [9.17, 15) is 0 Å². The summed E-state index contributed by atoms with van der Waals surface area (Å²) in [5, 5.41) is 9.63. The lowest BCUT2D eigenvalue weighted by atomic mass is 9.67. The number of oxime groups is 2. The summed E-state index contributed by atoms with van der Waals surface area (Å²) in [7, 11) is 0. The zero-order valence-electron chi connectivity index (χ0n) is 46.8. The van der Waals surface area contributed by atoms with Crippen molar-refractivity contribution in [2.75, 3.05) is 39.6 Å². The fourth-order valence-corrected chi connectivity index (χ4v) is 10.0. The van der Waals surface area contributed by atoms with Gasteiger partial charge in [-0.3, -0.25) is 0 Å². The summed E-state index contributed by atoms with van der Waals surface area (Å²) in [6, 6.07) is 17.0. The van der Waals surface area contributed by atoms with Crippen LogP contribution in [-0.4, -0.2) is 62.3 Å². The molecule has 2 heterocycles. The summed E-state index contributed by atoms with van der Waals surface area (Å²) in [5.41, 5.74) is 8.53. The van der Waals surface area contributed by atoms with Gasteiger partial charge < -0.3 is 28.6 Å². The van der Waals surface area contributed by atoms with Crippen molar-refractivity contribution in [1.29, 1.82) is 0 Å². The molecule has 2 aromatic rings. The maximum atomic E-state index is 6.29. The molecule has 0 aromatic heterocycles. The molecule has 0 N–H and O–H groups in total. The van der Waals surface area contributed by atoms with Crippen molar-refractivity contribution in [3.8, 4) is 11.5 Å². The minimum Gasteiger partial charge on any atom is -0.491 e. The molecule has 2 aromatic carbocycles. The van der Waals surface area contributed by atoms with Crippen molar-refractivity contribution in [3.05, 3.63) is 94.6 Å². The van der Waals surface area contributed by atoms with E-state index in [2.05, 4.69) is 184 Å². The summed E-state index contributed by atoms with van der Waals surface area (Å²) in [6.45, 7) is 41.0. The fraction of sp³-hybridized carbons (Fsp3) is 0.672. The maximum absolute atomic E-state index is 6.29. The van der Waals surface area contributed by atoms with E-state index in [-0.39, 0.29) is 45.7 Å². The largest absolute Gasteiger partial charge is 0.491 e. The molecule has 0 saturated carbocycles. The second-order valence-corrected chi connectivity index (χ2v) is 22.1. The summed E-state index contributed by atoms with van der Waals surface area (Å²) in [4.78, 5) is 12.5. The Morgan fingerprint density at radius 1 is 0.565 bits per heavy atom. The van der Waals surface area contributed by atoms with Crippen LogP contribution in [0.2, 0.25) is 0 Å². The molecule has 0 spiro atoms. The molecule has 0 aliphatic carbocycles. The Hall–Kier alpha value is -3.88. The molecule has 6 atom stereocenters. The molecule has 2 aliphatic rings. The van der Waals surface area contributed by atoms with E-state index in [0.29, 0.717) is 39.6 Å². The van der Waals surface area contributed by atoms with Crippen LogP contribution in [0.3, 0.4) is 0 Å². The first kappa shape index (κ1) is 59.4. The van der Waals surface area contributed by atoms with Gasteiger partial charge >= 0.3 is 0 Å². The number of hydrogen-bond acceptors (Lipinski definition) is 8. The van der Waals surface area contributed by atoms with Gasteiger partial charge in [0.05, 0.1) is 37.9 Å². The highest BCUT2D eigenvalue weighted by molar-refractivity contribution is 5.96. The van der Waals surface area contributed by atoms with Gasteiger partial charge in [0, 0.05) is 23.7 Å². The van der Waals surface area contributed by atoms with Crippen LogP contribution in [0.25, 0.3) is 0 Å². The quantitative estimate of drug-likeness (QED) is 0.0656. The predicted molar refractivity (Wildman–Crippen MR) is 292 cm³/mol. The Balaban J connectivity index is 0.00000167. The first-order valence-corrected chi connectivity index (χ1v) is 26.8. The highest BCUT2D eigenvalue weighted by atomic mass is 16.7. The van der Waals surface area contributed by atoms with E-state index >= 15 is 0 Å². The van der Waals surface area contributed by atoms with Crippen molar-refractivity contribution < 1.29 is 28.6 Å². The van der Waals surface area contributed by atoms with Gasteiger partial charge in [0.2, 0.25) is 0 Å². The number of rotatable bonds is 27. The lowest BCUT2D eigenvalue weighted by Crippen LogP contribution is -2.39. The topological polar surface area (TPSA) is 80.1 Å². The molecule has 0 bridgehead atoms. The lowest BCUT2D eigenvalue weighted by molar-refractivity contribution is -0.0366. The van der Waals surface area contributed by atoms with E-state index in [1.807, 2.05) is 0 Å². The summed E-state index contributed by atoms with van der Waals surface area (Å²) < 4.78 is 23.7. The van der Waals surface area contributed by atoms with Crippen molar-refractivity contribution >= 4 is 11.4 Å². The number of nitrogens with zero attached hydrogens (tertiary/aromatic N) is 2. The van der Waals surface area contributed by atoms with E-state index in [0.717, 1.165) is 68.6 Å². The third kappa shape index (κ3) is 18.4. The smallest absolute Gasteiger partial charge is 0.143 e. The van der Waals surface area contributed by atoms with Crippen LogP contribution in [0.5, 0.6) is 11.5 Å². The Bertz CT molecular complexity index is 1950. The average molecular weight is 955 g/mol. The van der Waals surface area contributed by atoms with E-state index in [1.54, 1.807) is 0 Å². The molecule has 69 heavy (non-hydrogen) atoms. The van der Waals surface area contributed by atoms with E-state index in [1.165, 1.54) is 46.4 Å². The van der Waals surface area contributed by atoms with E-state index in [4.69, 9.17) is 38.9 Å². The van der Waals surface area contributed by atoms with Gasteiger partial charge in [-0.15, -0.1) is 0 Å². The van der Waals surface area contributed by atoms with Gasteiger partial charge in [-0.1, -0.05) is 153 Å². The summed E-state index contributed by atoms with van der Waals surface area (Å²) in [6.07, 6.45) is 17.4. The third-order valence-electron chi connectivity index (χ3n) is 14.2. The average Bonchev–Trinajstić information content (AvgIpc) is 3.81. The molecule has 0 fully saturated rings. The Morgan fingerprint density at radius 3 is 1.36 bits per heavy atom. The van der Waals surface area contributed by atoms with Crippen molar-refractivity contribution in [3.63, 3.8) is 0 Å². The predicted octanol–water partition coefficient (Wildman–Crippen LogP) is 16.8. The minimum atomic E-state index is -0.294. The second kappa shape index (κ2) is 28.8. The molecule has 4 rings (SSSR count). The zero-order valence-corrected chi connectivity index (χ0v) is 46.8. The van der Waals surface area contributed by atoms with Gasteiger partial charge in [0.1, 0.15) is 35.9 Å². The number of ether oxygens (including phenoxy) is 4. The molecule has 8 nitrogen and oxygen atoms in total.